The Hall–Kier alpha value is -4.36. The number of halogens is 5. The van der Waals surface area contributed by atoms with Crippen molar-refractivity contribution in [2.45, 2.75) is 28.5 Å². The van der Waals surface area contributed by atoms with E-state index in [1.165, 1.54) is 25.3 Å². The molecule has 2 heterocycles. The molecule has 3 fully saturated rings. The maximum absolute atomic E-state index is 14.7. The van der Waals surface area contributed by atoms with Gasteiger partial charge in [0, 0.05) is 21.5 Å². The molecule has 4 aromatic rings. The van der Waals surface area contributed by atoms with Gasteiger partial charge in [0.1, 0.15) is 5.82 Å². The molecule has 4 amide bonds. The Kier molecular flexibility index (Phi) is 8.91. The number of hydrogen-bond donors (Lipinski definition) is 1. The lowest BCUT2D eigenvalue weighted by atomic mass is 9.56. The van der Waals surface area contributed by atoms with Gasteiger partial charge >= 0.3 is 0 Å². The van der Waals surface area contributed by atoms with Crippen molar-refractivity contribution in [1.29, 1.82) is 0 Å². The zero-order valence-corrected chi connectivity index (χ0v) is 32.7. The molecular formula is C40H27Br2Cl2FN2O7. The van der Waals surface area contributed by atoms with E-state index in [9.17, 15) is 33.5 Å². The number of benzene rings is 4. The number of aromatic hydroxyl groups is 1. The van der Waals surface area contributed by atoms with Gasteiger partial charge in [-0.3, -0.25) is 28.9 Å². The number of carbonyl (C=O) groups is 5. The second kappa shape index (κ2) is 13.1. The molecule has 54 heavy (non-hydrogen) atoms. The number of imide groups is 2. The summed E-state index contributed by atoms with van der Waals surface area (Å²) in [6.45, 7) is 0. The van der Waals surface area contributed by atoms with Crippen LogP contribution in [0.15, 0.2) is 106 Å². The highest BCUT2D eigenvalue weighted by Gasteiger charge is 2.77. The van der Waals surface area contributed by atoms with Crippen molar-refractivity contribution >= 4 is 95.8 Å². The quantitative estimate of drug-likeness (QED) is 0.0900. The highest BCUT2D eigenvalue weighted by atomic mass is 79.9. The Balaban J connectivity index is 1.24. The minimum atomic E-state index is -2.20. The third-order valence-corrected chi connectivity index (χ3v) is 14.6. The zero-order chi connectivity index (χ0) is 38.4. The average Bonchev–Trinajstić information content (AvgIpc) is 3.52. The van der Waals surface area contributed by atoms with Crippen molar-refractivity contribution in [1.82, 2.24) is 0 Å². The third kappa shape index (κ3) is 5.09. The number of anilines is 2. The maximum Gasteiger partial charge on any atom is 0.258 e. The number of nitrogens with zero attached hydrogens (tertiary/aromatic N) is 2. The minimum Gasteiger partial charge on any atom is -0.503 e. The van der Waals surface area contributed by atoms with Gasteiger partial charge in [-0.05, 0) is 111 Å². The highest BCUT2D eigenvalue weighted by molar-refractivity contribution is 9.13. The molecule has 8 rings (SSSR count). The normalized spacial score (nSPS) is 27.4. The standard InChI is InChI=1S/C40H27Br2Cl2FN2O7/c1-54-28-17-26(31(41)32(42)34(28)49)30-24-15-16-25-29(27(24)18-39(43)37(52)47(38(53)40(30,39)44)23-13-9-21(45)10-14-23)36(51)46(35(25)50)22-11-7-20(8-12-22)33(48)19-5-3-2-4-6-19/h2-15,17,25,27,29-30,49H,16,18H2,1H3. The van der Waals surface area contributed by atoms with Crippen molar-refractivity contribution in [2.75, 3.05) is 16.9 Å². The molecule has 1 N–H and O–H groups in total. The number of methoxy groups -OCH3 is 1. The molecule has 6 unspecified atom stereocenters. The lowest BCUT2D eigenvalue weighted by Crippen LogP contribution is -2.60. The van der Waals surface area contributed by atoms with Crippen LogP contribution in [0.5, 0.6) is 11.5 Å². The van der Waals surface area contributed by atoms with E-state index in [0.29, 0.717) is 22.3 Å². The summed E-state index contributed by atoms with van der Waals surface area (Å²) in [5, 5.41) is 10.8. The molecule has 0 spiro atoms. The second-order valence-electron chi connectivity index (χ2n) is 13.6. The molecule has 14 heteroatoms. The molecule has 4 aromatic carbocycles. The third-order valence-electron chi connectivity index (χ3n) is 11.0. The van der Waals surface area contributed by atoms with E-state index in [1.54, 1.807) is 60.7 Å². The fraction of sp³-hybridized carbons (Fsp3) is 0.225. The summed E-state index contributed by atoms with van der Waals surface area (Å²) < 4.78 is 19.9. The Morgan fingerprint density at radius 3 is 2.09 bits per heavy atom. The summed E-state index contributed by atoms with van der Waals surface area (Å²) in [6.07, 6.45) is 1.61. The van der Waals surface area contributed by atoms with Crippen LogP contribution in [0.25, 0.3) is 0 Å². The lowest BCUT2D eigenvalue weighted by Gasteiger charge is -2.51. The molecular weight excluding hydrogens is 870 g/mol. The number of phenolic OH excluding ortho intramolecular Hbond substituents is 1. The molecule has 2 aliphatic carbocycles. The van der Waals surface area contributed by atoms with Crippen LogP contribution in [-0.4, -0.2) is 51.4 Å². The molecule has 9 nitrogen and oxygen atoms in total. The monoisotopic (exact) mass is 894 g/mol. The van der Waals surface area contributed by atoms with E-state index in [2.05, 4.69) is 31.9 Å². The number of hydrogen-bond acceptors (Lipinski definition) is 7. The number of rotatable bonds is 6. The molecule has 4 aliphatic rings. The van der Waals surface area contributed by atoms with E-state index in [1.807, 2.05) is 0 Å². The smallest absolute Gasteiger partial charge is 0.258 e. The average molecular weight is 897 g/mol. The summed E-state index contributed by atoms with van der Waals surface area (Å²) >= 11 is 21.9. The molecule has 2 saturated heterocycles. The first-order valence-corrected chi connectivity index (χ1v) is 19.1. The van der Waals surface area contributed by atoms with Crippen molar-refractivity contribution in [3.05, 3.63) is 128 Å². The number of amides is 4. The van der Waals surface area contributed by atoms with E-state index >= 15 is 0 Å². The van der Waals surface area contributed by atoms with Crippen LogP contribution in [0.1, 0.15) is 40.2 Å². The Morgan fingerprint density at radius 1 is 0.833 bits per heavy atom. The minimum absolute atomic E-state index is 0.0246. The topological polar surface area (TPSA) is 121 Å². The largest absolute Gasteiger partial charge is 0.503 e. The summed E-state index contributed by atoms with van der Waals surface area (Å²) in [7, 11) is 1.34. The number of carbonyl (C=O) groups excluding carboxylic acids is 5. The molecule has 1 saturated carbocycles. The highest BCUT2D eigenvalue weighted by Crippen LogP contribution is 2.67. The lowest BCUT2D eigenvalue weighted by molar-refractivity contribution is -0.125. The van der Waals surface area contributed by atoms with Crippen LogP contribution in [-0.2, 0) is 19.2 Å². The molecule has 0 aromatic heterocycles. The van der Waals surface area contributed by atoms with Gasteiger partial charge < -0.3 is 9.84 Å². The summed E-state index contributed by atoms with van der Waals surface area (Å²) in [5.74, 6) is -7.61. The molecule has 6 atom stereocenters. The van der Waals surface area contributed by atoms with Crippen molar-refractivity contribution in [3.8, 4) is 11.5 Å². The number of allylic oxidation sites excluding steroid dienone is 2. The van der Waals surface area contributed by atoms with E-state index in [0.717, 1.165) is 21.9 Å². The predicted octanol–water partition coefficient (Wildman–Crippen LogP) is 8.06. The van der Waals surface area contributed by atoms with Gasteiger partial charge in [-0.1, -0.05) is 42.0 Å². The Morgan fingerprint density at radius 2 is 1.44 bits per heavy atom. The fourth-order valence-corrected chi connectivity index (χ4v) is 10.4. The number of ether oxygens (including phenoxy) is 1. The van der Waals surface area contributed by atoms with Crippen LogP contribution in [0, 0.1) is 23.6 Å². The fourth-order valence-electron chi connectivity index (χ4n) is 8.49. The molecule has 0 radical (unpaired) electrons. The first-order chi connectivity index (χ1) is 25.7. The van der Waals surface area contributed by atoms with Crippen LogP contribution in [0.4, 0.5) is 15.8 Å². The van der Waals surface area contributed by atoms with E-state index in [4.69, 9.17) is 27.9 Å². The van der Waals surface area contributed by atoms with Gasteiger partial charge in [-0.15, -0.1) is 23.2 Å². The van der Waals surface area contributed by atoms with Gasteiger partial charge in [-0.25, -0.2) is 9.29 Å². The number of alkyl halides is 2. The zero-order valence-electron chi connectivity index (χ0n) is 28.1. The van der Waals surface area contributed by atoms with Gasteiger partial charge in [-0.2, -0.15) is 0 Å². The van der Waals surface area contributed by atoms with Gasteiger partial charge in [0.05, 0.1) is 34.8 Å². The number of fused-ring (bicyclic) bond motifs is 4. The SMILES string of the molecule is COc1cc(C2C3=CCC4C(=O)N(c5ccc(C(=O)c6ccccc6)cc5)C(=O)C4C3CC3(Cl)C(=O)N(c4ccc(F)cc4)C(=O)C23Cl)c(Br)c(Br)c1O. The van der Waals surface area contributed by atoms with Gasteiger partial charge in [0.25, 0.3) is 11.8 Å². The first kappa shape index (κ1) is 36.6. The van der Waals surface area contributed by atoms with Crippen LogP contribution in [0.3, 0.4) is 0 Å². The molecule has 274 valence electrons. The van der Waals surface area contributed by atoms with Gasteiger partial charge in [0.15, 0.2) is 27.0 Å². The Labute approximate surface area is 334 Å². The van der Waals surface area contributed by atoms with Crippen molar-refractivity contribution < 1.29 is 38.2 Å². The van der Waals surface area contributed by atoms with Gasteiger partial charge in [0.2, 0.25) is 11.8 Å². The Bertz CT molecular complexity index is 2340. The van der Waals surface area contributed by atoms with Crippen LogP contribution >= 0.6 is 55.1 Å². The van der Waals surface area contributed by atoms with E-state index < -0.39 is 62.9 Å². The summed E-state index contributed by atoms with van der Waals surface area (Å²) in [5.41, 5.74) is 2.01. The summed E-state index contributed by atoms with van der Waals surface area (Å²) in [6, 6.07) is 21.2. The van der Waals surface area contributed by atoms with Crippen molar-refractivity contribution in [2.24, 2.45) is 17.8 Å². The second-order valence-corrected chi connectivity index (χ2v) is 16.5. The first-order valence-electron chi connectivity index (χ1n) is 16.8. The van der Waals surface area contributed by atoms with Crippen LogP contribution < -0.4 is 14.5 Å². The maximum atomic E-state index is 14.7. The van der Waals surface area contributed by atoms with Crippen molar-refractivity contribution in [3.63, 3.8) is 0 Å². The number of ketones is 1. The van der Waals surface area contributed by atoms with Crippen LogP contribution in [0.2, 0.25) is 0 Å². The summed E-state index contributed by atoms with van der Waals surface area (Å²) in [4.78, 5) is 68.6. The van der Waals surface area contributed by atoms with E-state index in [-0.39, 0.29) is 50.4 Å². The number of phenols is 1. The molecule has 0 bridgehead atoms. The molecule has 2 aliphatic heterocycles. The predicted molar refractivity (Wildman–Crippen MR) is 205 cm³/mol.